The molecular formula is C13H8BrF3O. The molecule has 0 radical (unpaired) electrons. The van der Waals surface area contributed by atoms with Gasteiger partial charge >= 0.3 is 0 Å². The van der Waals surface area contributed by atoms with Crippen LogP contribution in [0.4, 0.5) is 13.2 Å². The Morgan fingerprint density at radius 3 is 2.39 bits per heavy atom. The monoisotopic (exact) mass is 316 g/mol. The molecule has 0 saturated carbocycles. The van der Waals surface area contributed by atoms with E-state index in [1.165, 1.54) is 18.2 Å². The normalized spacial score (nSPS) is 10.4. The van der Waals surface area contributed by atoms with Crippen molar-refractivity contribution in [1.82, 2.24) is 0 Å². The first-order valence-corrected chi connectivity index (χ1v) is 5.87. The molecular weight excluding hydrogens is 309 g/mol. The van der Waals surface area contributed by atoms with Crippen LogP contribution < -0.4 is 4.74 Å². The second-order valence-corrected chi connectivity index (χ2v) is 4.45. The Labute approximate surface area is 110 Å². The minimum atomic E-state index is -0.566. The Balaban J connectivity index is 2.16. The first kappa shape index (κ1) is 13.0. The highest BCUT2D eigenvalue weighted by Gasteiger charge is 2.07. The predicted molar refractivity (Wildman–Crippen MR) is 64.8 cm³/mol. The van der Waals surface area contributed by atoms with Crippen molar-refractivity contribution in [3.63, 3.8) is 0 Å². The molecule has 0 aliphatic heterocycles. The van der Waals surface area contributed by atoms with Crippen molar-refractivity contribution >= 4 is 15.9 Å². The maximum atomic E-state index is 13.3. The second kappa shape index (κ2) is 5.44. The van der Waals surface area contributed by atoms with Gasteiger partial charge in [-0.25, -0.2) is 13.2 Å². The van der Waals surface area contributed by atoms with Gasteiger partial charge in [0.1, 0.15) is 29.8 Å². The van der Waals surface area contributed by atoms with Gasteiger partial charge in [-0.15, -0.1) is 0 Å². The summed E-state index contributed by atoms with van der Waals surface area (Å²) in [7, 11) is 0. The highest BCUT2D eigenvalue weighted by Crippen LogP contribution is 2.26. The summed E-state index contributed by atoms with van der Waals surface area (Å²) in [5, 5.41) is 0. The summed E-state index contributed by atoms with van der Waals surface area (Å²) in [5.74, 6) is -1.34. The van der Waals surface area contributed by atoms with E-state index in [0.29, 0.717) is 4.47 Å². The fourth-order valence-electron chi connectivity index (χ4n) is 1.40. The Kier molecular flexibility index (Phi) is 3.91. The standard InChI is InChI=1S/C13H8BrF3O/c14-11-3-1-10(16)6-13(11)18-7-8-5-9(15)2-4-12(8)17/h1-6H,7H2. The Bertz CT molecular complexity index is 521. The quantitative estimate of drug-likeness (QED) is 0.813. The molecule has 0 bridgehead atoms. The third kappa shape index (κ3) is 3.04. The summed E-state index contributed by atoms with van der Waals surface area (Å²) < 4.78 is 45.0. The van der Waals surface area contributed by atoms with Crippen molar-refractivity contribution in [3.8, 4) is 5.75 Å². The van der Waals surface area contributed by atoms with Crippen LogP contribution in [0.25, 0.3) is 0 Å². The number of hydrogen-bond acceptors (Lipinski definition) is 1. The van der Waals surface area contributed by atoms with Crippen LogP contribution in [0.1, 0.15) is 5.56 Å². The fourth-order valence-corrected chi connectivity index (χ4v) is 1.76. The zero-order valence-corrected chi connectivity index (χ0v) is 10.7. The van der Waals surface area contributed by atoms with E-state index in [2.05, 4.69) is 15.9 Å². The van der Waals surface area contributed by atoms with E-state index in [1.54, 1.807) is 0 Å². The Hall–Kier alpha value is -1.49. The molecule has 0 aromatic heterocycles. The van der Waals surface area contributed by atoms with Gasteiger partial charge in [0.25, 0.3) is 0 Å². The highest BCUT2D eigenvalue weighted by molar-refractivity contribution is 9.10. The van der Waals surface area contributed by atoms with Crippen LogP contribution in [0.3, 0.4) is 0 Å². The molecule has 0 fully saturated rings. The van der Waals surface area contributed by atoms with E-state index < -0.39 is 17.5 Å². The van der Waals surface area contributed by atoms with Crippen LogP contribution in [-0.2, 0) is 6.61 Å². The summed E-state index contributed by atoms with van der Waals surface area (Å²) >= 11 is 3.18. The predicted octanol–water partition coefficient (Wildman–Crippen LogP) is 4.45. The van der Waals surface area contributed by atoms with Gasteiger partial charge in [0.15, 0.2) is 0 Å². The molecule has 0 saturated heterocycles. The average Bonchev–Trinajstić information content (AvgIpc) is 2.34. The first-order valence-electron chi connectivity index (χ1n) is 5.08. The molecule has 0 N–H and O–H groups in total. The van der Waals surface area contributed by atoms with Crippen molar-refractivity contribution in [3.05, 3.63) is 63.9 Å². The zero-order chi connectivity index (χ0) is 13.1. The molecule has 94 valence electrons. The molecule has 0 aliphatic rings. The second-order valence-electron chi connectivity index (χ2n) is 3.60. The highest BCUT2D eigenvalue weighted by atomic mass is 79.9. The van der Waals surface area contributed by atoms with Crippen LogP contribution in [0.5, 0.6) is 5.75 Å². The lowest BCUT2D eigenvalue weighted by Crippen LogP contribution is -2.00. The number of rotatable bonds is 3. The van der Waals surface area contributed by atoms with Crippen molar-refractivity contribution in [2.45, 2.75) is 6.61 Å². The third-order valence-corrected chi connectivity index (χ3v) is 2.94. The molecule has 0 spiro atoms. The maximum absolute atomic E-state index is 13.3. The number of hydrogen-bond donors (Lipinski definition) is 0. The number of benzene rings is 2. The van der Waals surface area contributed by atoms with Crippen LogP contribution in [0.15, 0.2) is 40.9 Å². The molecule has 0 amide bonds. The van der Waals surface area contributed by atoms with Crippen LogP contribution in [0, 0.1) is 17.5 Å². The van der Waals surface area contributed by atoms with Gasteiger partial charge in [0.2, 0.25) is 0 Å². The lowest BCUT2D eigenvalue weighted by atomic mass is 10.2. The van der Waals surface area contributed by atoms with Gasteiger partial charge in [-0.2, -0.15) is 0 Å². The lowest BCUT2D eigenvalue weighted by molar-refractivity contribution is 0.295. The lowest BCUT2D eigenvalue weighted by Gasteiger charge is -2.09. The fraction of sp³-hybridized carbons (Fsp3) is 0.0769. The minimum Gasteiger partial charge on any atom is -0.488 e. The van der Waals surface area contributed by atoms with Gasteiger partial charge in [-0.05, 0) is 46.3 Å². The van der Waals surface area contributed by atoms with E-state index in [1.807, 2.05) is 0 Å². The van der Waals surface area contributed by atoms with Gasteiger partial charge < -0.3 is 4.74 Å². The summed E-state index contributed by atoms with van der Waals surface area (Å²) in [5.41, 5.74) is 0.0751. The summed E-state index contributed by atoms with van der Waals surface area (Å²) in [6.07, 6.45) is 0. The largest absolute Gasteiger partial charge is 0.488 e. The number of halogens is 4. The van der Waals surface area contributed by atoms with Crippen molar-refractivity contribution in [2.75, 3.05) is 0 Å². The molecule has 0 heterocycles. The smallest absolute Gasteiger partial charge is 0.136 e. The number of ether oxygens (including phenoxy) is 1. The van der Waals surface area contributed by atoms with E-state index in [9.17, 15) is 13.2 Å². The first-order chi connectivity index (χ1) is 8.56. The SMILES string of the molecule is Fc1ccc(F)c(COc2cc(F)ccc2Br)c1. The Morgan fingerprint density at radius 1 is 0.944 bits per heavy atom. The van der Waals surface area contributed by atoms with E-state index in [0.717, 1.165) is 18.2 Å². The molecule has 2 rings (SSSR count). The van der Waals surface area contributed by atoms with Crippen molar-refractivity contribution in [1.29, 1.82) is 0 Å². The Morgan fingerprint density at radius 2 is 1.61 bits per heavy atom. The van der Waals surface area contributed by atoms with Crippen molar-refractivity contribution < 1.29 is 17.9 Å². The summed E-state index contributed by atoms with van der Waals surface area (Å²) in [6, 6.07) is 7.00. The topological polar surface area (TPSA) is 9.23 Å². The summed E-state index contributed by atoms with van der Waals surface area (Å²) in [6.45, 7) is -0.175. The third-order valence-electron chi connectivity index (χ3n) is 2.28. The van der Waals surface area contributed by atoms with E-state index >= 15 is 0 Å². The van der Waals surface area contributed by atoms with Crippen LogP contribution in [0.2, 0.25) is 0 Å². The van der Waals surface area contributed by atoms with Crippen molar-refractivity contribution in [2.24, 2.45) is 0 Å². The van der Waals surface area contributed by atoms with Gasteiger partial charge in [-0.1, -0.05) is 0 Å². The average molecular weight is 317 g/mol. The molecule has 0 aliphatic carbocycles. The molecule has 0 atom stereocenters. The van der Waals surface area contributed by atoms with E-state index in [-0.39, 0.29) is 17.9 Å². The zero-order valence-electron chi connectivity index (χ0n) is 9.09. The molecule has 1 nitrogen and oxygen atoms in total. The summed E-state index contributed by atoms with van der Waals surface area (Å²) in [4.78, 5) is 0. The van der Waals surface area contributed by atoms with Gasteiger partial charge in [-0.3, -0.25) is 0 Å². The van der Waals surface area contributed by atoms with E-state index in [4.69, 9.17) is 4.74 Å². The molecule has 2 aromatic carbocycles. The molecule has 2 aromatic rings. The van der Waals surface area contributed by atoms with Gasteiger partial charge in [0.05, 0.1) is 4.47 Å². The van der Waals surface area contributed by atoms with Gasteiger partial charge in [0, 0.05) is 11.6 Å². The maximum Gasteiger partial charge on any atom is 0.136 e. The van der Waals surface area contributed by atoms with Crippen LogP contribution >= 0.6 is 15.9 Å². The van der Waals surface area contributed by atoms with Crippen LogP contribution in [-0.4, -0.2) is 0 Å². The molecule has 18 heavy (non-hydrogen) atoms. The molecule has 5 heteroatoms. The molecule has 0 unspecified atom stereocenters. The minimum absolute atomic E-state index is 0.0751.